The maximum absolute atomic E-state index is 13.3. The Morgan fingerprint density at radius 3 is 2.11 bits per heavy atom. The third kappa shape index (κ3) is 4.03. The average Bonchev–Trinajstić information content (AvgIpc) is 3.34. The van der Waals surface area contributed by atoms with Crippen molar-refractivity contribution in [1.29, 1.82) is 0 Å². The summed E-state index contributed by atoms with van der Waals surface area (Å²) in [6.07, 6.45) is -4.46. The van der Waals surface area contributed by atoms with Crippen LogP contribution in [-0.2, 0) is 22.2 Å². The first kappa shape index (κ1) is 24.3. The molecule has 3 aromatic carbocycles. The summed E-state index contributed by atoms with van der Waals surface area (Å²) in [5.41, 5.74) is -0.377. The fourth-order valence-corrected chi connectivity index (χ4v) is 4.82. The first-order valence-corrected chi connectivity index (χ1v) is 11.6. The lowest BCUT2D eigenvalue weighted by atomic mass is 9.79. The van der Waals surface area contributed by atoms with E-state index in [2.05, 4.69) is 0 Å². The van der Waals surface area contributed by atoms with Crippen LogP contribution in [0.15, 0.2) is 101 Å². The number of benzene rings is 3. The van der Waals surface area contributed by atoms with Gasteiger partial charge in [-0.25, -0.2) is 0 Å². The lowest BCUT2D eigenvalue weighted by molar-refractivity contribution is -0.449. The summed E-state index contributed by atoms with van der Waals surface area (Å²) in [4.78, 5) is 6.40. The normalized spacial score (nSPS) is 20.8. The molecule has 0 saturated carbocycles. The molecule has 1 N–H and O–H groups in total. The molecule has 1 aromatic heterocycles. The van der Waals surface area contributed by atoms with Crippen molar-refractivity contribution in [1.82, 2.24) is 5.06 Å². The van der Waals surface area contributed by atoms with Crippen molar-refractivity contribution in [3.63, 3.8) is 0 Å². The maximum atomic E-state index is 13.3. The Balaban J connectivity index is 1.59. The van der Waals surface area contributed by atoms with Gasteiger partial charge in [0.25, 0.3) is 0 Å². The second kappa shape index (κ2) is 8.92. The van der Waals surface area contributed by atoms with Crippen molar-refractivity contribution in [2.75, 3.05) is 6.61 Å². The fraction of sp³-hybridized carbons (Fsp3) is 0.241. The Bertz CT molecular complexity index is 1330. The van der Waals surface area contributed by atoms with Gasteiger partial charge in [-0.15, -0.1) is 0 Å². The largest absolute Gasteiger partial charge is 0.459 e. The highest BCUT2D eigenvalue weighted by atomic mass is 19.4. The van der Waals surface area contributed by atoms with Crippen LogP contribution in [0.4, 0.5) is 13.2 Å². The number of alkyl halides is 3. The second-order valence-corrected chi connectivity index (χ2v) is 9.44. The van der Waals surface area contributed by atoms with Crippen LogP contribution in [0, 0.1) is 0 Å². The zero-order valence-corrected chi connectivity index (χ0v) is 19.9. The van der Waals surface area contributed by atoms with E-state index in [0.29, 0.717) is 17.1 Å². The quantitative estimate of drug-likeness (QED) is 0.312. The number of halogens is 3. The van der Waals surface area contributed by atoms with E-state index in [9.17, 15) is 18.3 Å². The van der Waals surface area contributed by atoms with Crippen molar-refractivity contribution >= 4 is 0 Å². The van der Waals surface area contributed by atoms with Gasteiger partial charge in [-0.2, -0.15) is 18.2 Å². The first-order valence-electron chi connectivity index (χ1n) is 11.6. The Morgan fingerprint density at radius 1 is 0.833 bits per heavy atom. The summed E-state index contributed by atoms with van der Waals surface area (Å²) in [5, 5.41) is 12.4. The molecule has 7 heteroatoms. The van der Waals surface area contributed by atoms with Gasteiger partial charge in [0.05, 0.1) is 17.7 Å². The van der Waals surface area contributed by atoms with E-state index in [0.717, 1.165) is 23.3 Å². The molecule has 0 unspecified atom stereocenters. The second-order valence-electron chi connectivity index (χ2n) is 9.44. The monoisotopic (exact) mass is 493 g/mol. The van der Waals surface area contributed by atoms with Gasteiger partial charge in [0.1, 0.15) is 17.6 Å². The van der Waals surface area contributed by atoms with Crippen LogP contribution in [0.5, 0.6) is 0 Å². The van der Waals surface area contributed by atoms with E-state index in [-0.39, 0.29) is 6.61 Å². The minimum Gasteiger partial charge on any atom is -0.459 e. The van der Waals surface area contributed by atoms with E-state index >= 15 is 0 Å². The smallest absolute Gasteiger partial charge is 0.416 e. The number of hydroxylamine groups is 2. The van der Waals surface area contributed by atoms with Crippen LogP contribution in [0.3, 0.4) is 0 Å². The van der Waals surface area contributed by atoms with Gasteiger partial charge < -0.3 is 9.52 Å². The van der Waals surface area contributed by atoms with E-state index in [4.69, 9.17) is 9.25 Å². The molecule has 0 aliphatic carbocycles. The summed E-state index contributed by atoms with van der Waals surface area (Å²) in [5.74, 6) is 0.788. The van der Waals surface area contributed by atoms with Crippen LogP contribution in [0.2, 0.25) is 0 Å². The number of aliphatic hydroxyl groups excluding tert-OH is 1. The van der Waals surface area contributed by atoms with E-state index in [1.54, 1.807) is 23.3 Å². The molecular formula is C29H26F3NO3. The number of aliphatic hydroxyl groups is 1. The summed E-state index contributed by atoms with van der Waals surface area (Å²) in [6, 6.07) is 27.1. The van der Waals surface area contributed by atoms with Crippen molar-refractivity contribution in [3.8, 4) is 11.3 Å². The van der Waals surface area contributed by atoms with E-state index in [1.807, 2.05) is 74.5 Å². The molecule has 1 aliphatic heterocycles. The fourth-order valence-electron chi connectivity index (χ4n) is 4.82. The van der Waals surface area contributed by atoms with Crippen LogP contribution in [0.1, 0.15) is 42.3 Å². The predicted octanol–water partition coefficient (Wildman–Crippen LogP) is 7.08. The SMILES string of the molecule is CC(C)(c1ccccc1)N1O[C@@](CO)(c2ccccc2)[C@H]1c1ccc(-c2cccc(C(F)(F)F)c2)o1. The molecule has 0 amide bonds. The molecule has 36 heavy (non-hydrogen) atoms. The van der Waals surface area contributed by atoms with Crippen molar-refractivity contribution in [2.45, 2.75) is 37.2 Å². The van der Waals surface area contributed by atoms with Gasteiger partial charge in [-0.05, 0) is 49.2 Å². The zero-order chi connectivity index (χ0) is 25.6. The number of hydrogen-bond acceptors (Lipinski definition) is 4. The Kier molecular flexibility index (Phi) is 6.03. The Morgan fingerprint density at radius 2 is 1.47 bits per heavy atom. The topological polar surface area (TPSA) is 45.8 Å². The van der Waals surface area contributed by atoms with Crippen LogP contribution < -0.4 is 0 Å². The molecule has 1 aliphatic rings. The predicted molar refractivity (Wildman–Crippen MR) is 129 cm³/mol. The first-order chi connectivity index (χ1) is 17.2. The van der Waals surface area contributed by atoms with Gasteiger partial charge in [-0.3, -0.25) is 4.84 Å². The summed E-state index contributed by atoms with van der Waals surface area (Å²) >= 11 is 0. The van der Waals surface area contributed by atoms with E-state index in [1.165, 1.54) is 6.07 Å². The molecule has 1 fully saturated rings. The van der Waals surface area contributed by atoms with Crippen LogP contribution in [0.25, 0.3) is 11.3 Å². The third-order valence-corrected chi connectivity index (χ3v) is 6.84. The lowest BCUT2D eigenvalue weighted by Gasteiger charge is -2.59. The third-order valence-electron chi connectivity index (χ3n) is 6.84. The molecule has 0 spiro atoms. The summed E-state index contributed by atoms with van der Waals surface area (Å²) < 4.78 is 46.0. The maximum Gasteiger partial charge on any atom is 0.416 e. The summed E-state index contributed by atoms with van der Waals surface area (Å²) in [6.45, 7) is 3.71. The number of furan rings is 1. The van der Waals surface area contributed by atoms with Crippen molar-refractivity contribution in [2.24, 2.45) is 0 Å². The number of rotatable bonds is 6. The molecule has 2 heterocycles. The highest BCUT2D eigenvalue weighted by molar-refractivity contribution is 5.59. The molecule has 2 atom stereocenters. The molecule has 4 nitrogen and oxygen atoms in total. The van der Waals surface area contributed by atoms with Gasteiger partial charge in [0.15, 0.2) is 5.60 Å². The van der Waals surface area contributed by atoms with Crippen molar-refractivity contribution < 1.29 is 27.5 Å². The van der Waals surface area contributed by atoms with E-state index < -0.39 is 28.9 Å². The number of hydrogen-bond donors (Lipinski definition) is 1. The van der Waals surface area contributed by atoms with Gasteiger partial charge in [0.2, 0.25) is 0 Å². The lowest BCUT2D eigenvalue weighted by Crippen LogP contribution is -2.66. The van der Waals surface area contributed by atoms with Gasteiger partial charge in [-0.1, -0.05) is 72.8 Å². The average molecular weight is 494 g/mol. The van der Waals surface area contributed by atoms with Crippen LogP contribution >= 0.6 is 0 Å². The molecule has 4 aromatic rings. The van der Waals surface area contributed by atoms with Gasteiger partial charge >= 0.3 is 6.18 Å². The Hall–Kier alpha value is -3.39. The minimum absolute atomic E-state index is 0.306. The summed E-state index contributed by atoms with van der Waals surface area (Å²) in [7, 11) is 0. The standard InChI is InChI=1S/C29H26F3NO3/c1-27(2,21-11-5-3-6-12-21)33-26(28(19-34,36-33)22-13-7-4-8-14-22)25-17-16-24(35-25)20-10-9-15-23(18-20)29(30,31)32/h3-18,26,34H,19H2,1-2H3/t26-,28+/m1/s1. The zero-order valence-electron chi connectivity index (χ0n) is 19.9. The highest BCUT2D eigenvalue weighted by Crippen LogP contribution is 2.57. The highest BCUT2D eigenvalue weighted by Gasteiger charge is 2.62. The molecule has 0 radical (unpaired) electrons. The minimum atomic E-state index is -4.46. The molecule has 0 bridgehead atoms. The molecule has 186 valence electrons. The van der Waals surface area contributed by atoms with Crippen molar-refractivity contribution in [3.05, 3.63) is 120 Å². The number of nitrogens with zero attached hydrogens (tertiary/aromatic N) is 1. The molecule has 1 saturated heterocycles. The Labute approximate surface area is 207 Å². The molecular weight excluding hydrogens is 467 g/mol. The molecule has 5 rings (SSSR count). The van der Waals surface area contributed by atoms with Crippen LogP contribution in [-0.4, -0.2) is 16.8 Å². The van der Waals surface area contributed by atoms with Gasteiger partial charge in [0, 0.05) is 5.56 Å².